The molecule has 0 aliphatic rings. The number of furan rings is 2. The van der Waals surface area contributed by atoms with Crippen molar-refractivity contribution in [3.8, 4) is 11.1 Å². The number of hydrogen-bond donors (Lipinski definition) is 2. The molecular formula is C22H16N2O4. The average Bonchev–Trinajstić information content (AvgIpc) is 3.41. The van der Waals surface area contributed by atoms with Gasteiger partial charge in [0.05, 0.1) is 12.5 Å². The van der Waals surface area contributed by atoms with Gasteiger partial charge in [0.1, 0.15) is 0 Å². The molecule has 0 aliphatic heterocycles. The van der Waals surface area contributed by atoms with Gasteiger partial charge in [-0.25, -0.2) is 0 Å². The van der Waals surface area contributed by atoms with E-state index in [0.717, 1.165) is 5.56 Å². The third-order valence-electron chi connectivity index (χ3n) is 4.08. The first kappa shape index (κ1) is 17.4. The smallest absolute Gasteiger partial charge is 0.292 e. The molecule has 4 rings (SSSR count). The van der Waals surface area contributed by atoms with Crippen LogP contribution in [-0.4, -0.2) is 11.8 Å². The van der Waals surface area contributed by atoms with Crippen LogP contribution in [0.25, 0.3) is 11.1 Å². The molecule has 0 atom stereocenters. The predicted molar refractivity (Wildman–Crippen MR) is 105 cm³/mol. The fourth-order valence-corrected chi connectivity index (χ4v) is 2.79. The summed E-state index contributed by atoms with van der Waals surface area (Å²) >= 11 is 0. The van der Waals surface area contributed by atoms with E-state index >= 15 is 0 Å². The molecule has 2 aromatic carbocycles. The lowest BCUT2D eigenvalue weighted by Crippen LogP contribution is -2.13. The Morgan fingerprint density at radius 2 is 1.43 bits per heavy atom. The van der Waals surface area contributed by atoms with Gasteiger partial charge in [-0.3, -0.25) is 9.59 Å². The molecule has 2 amide bonds. The molecule has 0 aliphatic carbocycles. The summed E-state index contributed by atoms with van der Waals surface area (Å²) in [5, 5.41) is 5.52. The summed E-state index contributed by atoms with van der Waals surface area (Å²) in [5.74, 6) is -0.321. The lowest BCUT2D eigenvalue weighted by Gasteiger charge is -2.08. The maximum Gasteiger partial charge on any atom is 0.292 e. The van der Waals surface area contributed by atoms with Crippen LogP contribution in [0.15, 0.2) is 94.2 Å². The van der Waals surface area contributed by atoms with E-state index in [4.69, 9.17) is 8.83 Å². The number of anilines is 2. The summed E-state index contributed by atoms with van der Waals surface area (Å²) in [7, 11) is 0. The van der Waals surface area contributed by atoms with Crippen LogP contribution in [-0.2, 0) is 0 Å². The molecule has 0 radical (unpaired) electrons. The van der Waals surface area contributed by atoms with Crippen LogP contribution in [0.5, 0.6) is 0 Å². The van der Waals surface area contributed by atoms with E-state index in [0.29, 0.717) is 16.9 Å². The minimum absolute atomic E-state index is 0.206. The first-order valence-corrected chi connectivity index (χ1v) is 8.60. The molecule has 2 aromatic heterocycles. The van der Waals surface area contributed by atoms with E-state index in [9.17, 15) is 9.59 Å². The fourth-order valence-electron chi connectivity index (χ4n) is 2.79. The zero-order valence-corrected chi connectivity index (χ0v) is 14.7. The Morgan fingerprint density at radius 1 is 0.679 bits per heavy atom. The maximum atomic E-state index is 12.7. The number of carbonyl (C=O) groups excluding carboxylic acids is 2. The Kier molecular flexibility index (Phi) is 4.76. The van der Waals surface area contributed by atoms with Crippen molar-refractivity contribution in [2.75, 3.05) is 10.6 Å². The highest BCUT2D eigenvalue weighted by Gasteiger charge is 2.17. The van der Waals surface area contributed by atoms with Crippen molar-refractivity contribution in [3.05, 3.63) is 96.8 Å². The topological polar surface area (TPSA) is 84.5 Å². The van der Waals surface area contributed by atoms with Gasteiger partial charge in [-0.2, -0.15) is 0 Å². The van der Waals surface area contributed by atoms with Gasteiger partial charge < -0.3 is 19.5 Å². The van der Waals surface area contributed by atoms with Crippen LogP contribution in [0.2, 0.25) is 0 Å². The summed E-state index contributed by atoms with van der Waals surface area (Å²) in [6.45, 7) is 0. The minimum Gasteiger partial charge on any atom is -0.459 e. The van der Waals surface area contributed by atoms with Gasteiger partial charge in [0.15, 0.2) is 11.5 Å². The molecule has 0 spiro atoms. The molecule has 2 heterocycles. The highest BCUT2D eigenvalue weighted by atomic mass is 16.3. The zero-order chi connectivity index (χ0) is 19.3. The normalized spacial score (nSPS) is 10.4. The Hall–Kier alpha value is -4.06. The van der Waals surface area contributed by atoms with Crippen LogP contribution in [0.4, 0.5) is 11.4 Å². The highest BCUT2D eigenvalue weighted by molar-refractivity contribution is 6.07. The first-order chi connectivity index (χ1) is 13.7. The molecule has 0 bridgehead atoms. The lowest BCUT2D eigenvalue weighted by molar-refractivity contribution is 0.0990. The van der Waals surface area contributed by atoms with Crippen molar-refractivity contribution < 1.29 is 18.4 Å². The van der Waals surface area contributed by atoms with E-state index in [1.807, 2.05) is 30.3 Å². The summed E-state index contributed by atoms with van der Waals surface area (Å²) < 4.78 is 10.5. The Bertz CT molecular complexity index is 1100. The average molecular weight is 372 g/mol. The van der Waals surface area contributed by atoms with Gasteiger partial charge in [0.2, 0.25) is 0 Å². The molecule has 0 fully saturated rings. The number of amides is 2. The van der Waals surface area contributed by atoms with Gasteiger partial charge >= 0.3 is 0 Å². The number of rotatable bonds is 5. The second-order valence-corrected chi connectivity index (χ2v) is 6.00. The van der Waals surface area contributed by atoms with Crippen LogP contribution < -0.4 is 10.6 Å². The molecule has 6 nitrogen and oxygen atoms in total. The Balaban J connectivity index is 1.50. The summed E-state index contributed by atoms with van der Waals surface area (Å²) in [6.07, 6.45) is 2.91. The number of hydrogen-bond acceptors (Lipinski definition) is 4. The van der Waals surface area contributed by atoms with Crippen molar-refractivity contribution in [2.24, 2.45) is 0 Å². The number of carbonyl (C=O) groups is 2. The highest BCUT2D eigenvalue weighted by Crippen LogP contribution is 2.26. The predicted octanol–water partition coefficient (Wildman–Crippen LogP) is 5.04. The van der Waals surface area contributed by atoms with Crippen molar-refractivity contribution >= 4 is 23.2 Å². The third kappa shape index (κ3) is 3.71. The van der Waals surface area contributed by atoms with Crippen molar-refractivity contribution in [1.29, 1.82) is 0 Å². The van der Waals surface area contributed by atoms with E-state index in [1.54, 1.807) is 42.5 Å². The van der Waals surface area contributed by atoms with Crippen molar-refractivity contribution in [3.63, 3.8) is 0 Å². The molecule has 6 heteroatoms. The molecule has 0 saturated carbocycles. The second kappa shape index (κ2) is 7.67. The first-order valence-electron chi connectivity index (χ1n) is 8.60. The second-order valence-electron chi connectivity index (χ2n) is 6.00. The Morgan fingerprint density at radius 3 is 2.14 bits per heavy atom. The van der Waals surface area contributed by atoms with E-state index in [2.05, 4.69) is 10.6 Å². The Labute approximate surface area is 160 Å². The van der Waals surface area contributed by atoms with Gasteiger partial charge in [-0.05, 0) is 42.0 Å². The summed E-state index contributed by atoms with van der Waals surface area (Å²) in [4.78, 5) is 24.8. The standard InChI is InChI=1S/C22H16N2O4/c25-21(19-10-5-12-27-19)23-16-8-4-9-17(14-16)24-22(26)20-18(11-13-28-20)15-6-2-1-3-7-15/h1-14H,(H,23,25)(H,24,26). The lowest BCUT2D eigenvalue weighted by atomic mass is 10.1. The molecular weight excluding hydrogens is 356 g/mol. The van der Waals surface area contributed by atoms with Crippen LogP contribution in [0.1, 0.15) is 21.1 Å². The van der Waals surface area contributed by atoms with Crippen LogP contribution in [0.3, 0.4) is 0 Å². The van der Waals surface area contributed by atoms with E-state index in [1.165, 1.54) is 12.5 Å². The number of nitrogens with one attached hydrogen (secondary N) is 2. The fraction of sp³-hybridized carbons (Fsp3) is 0. The van der Waals surface area contributed by atoms with Crippen molar-refractivity contribution in [2.45, 2.75) is 0 Å². The van der Waals surface area contributed by atoms with E-state index in [-0.39, 0.29) is 23.3 Å². The monoisotopic (exact) mass is 372 g/mol. The molecule has 0 saturated heterocycles. The van der Waals surface area contributed by atoms with E-state index < -0.39 is 0 Å². The largest absolute Gasteiger partial charge is 0.459 e. The summed E-state index contributed by atoms with van der Waals surface area (Å²) in [6, 6.07) is 21.3. The summed E-state index contributed by atoms with van der Waals surface area (Å²) in [5.41, 5.74) is 2.65. The van der Waals surface area contributed by atoms with Gasteiger partial charge in [0.25, 0.3) is 11.8 Å². The SMILES string of the molecule is O=C(Nc1cccc(NC(=O)c2occc2-c2ccccc2)c1)c1ccco1. The molecule has 4 aromatic rings. The maximum absolute atomic E-state index is 12.7. The van der Waals surface area contributed by atoms with Crippen molar-refractivity contribution in [1.82, 2.24) is 0 Å². The third-order valence-corrected chi connectivity index (χ3v) is 4.08. The quantitative estimate of drug-likeness (QED) is 0.514. The molecule has 28 heavy (non-hydrogen) atoms. The molecule has 138 valence electrons. The van der Waals surface area contributed by atoms with Crippen LogP contribution >= 0.6 is 0 Å². The van der Waals surface area contributed by atoms with Gasteiger partial charge in [0, 0.05) is 16.9 Å². The molecule has 2 N–H and O–H groups in total. The minimum atomic E-state index is -0.377. The van der Waals surface area contributed by atoms with Gasteiger partial charge in [-0.1, -0.05) is 36.4 Å². The number of benzene rings is 2. The molecule has 0 unspecified atom stereocenters. The zero-order valence-electron chi connectivity index (χ0n) is 14.7. The van der Waals surface area contributed by atoms with Crippen LogP contribution in [0, 0.1) is 0 Å². The van der Waals surface area contributed by atoms with Gasteiger partial charge in [-0.15, -0.1) is 0 Å².